The molecular formula is C13H9N3. The van der Waals surface area contributed by atoms with E-state index in [-0.39, 0.29) is 0 Å². The lowest BCUT2D eigenvalue weighted by Gasteiger charge is -2.03. The van der Waals surface area contributed by atoms with Crippen molar-refractivity contribution in [3.05, 3.63) is 54.4 Å². The summed E-state index contributed by atoms with van der Waals surface area (Å²) in [5.74, 6) is 0. The topological polar surface area (TPSA) is 37.6 Å². The third-order valence-corrected chi connectivity index (χ3v) is 2.42. The number of para-hydroxylation sites is 1. The Morgan fingerprint density at radius 3 is 2.94 bits per heavy atom. The second-order valence-corrected chi connectivity index (χ2v) is 3.50. The minimum absolute atomic E-state index is 0.805. The number of aromatic nitrogens is 1. The van der Waals surface area contributed by atoms with Gasteiger partial charge in [0.15, 0.2) is 0 Å². The lowest BCUT2D eigenvalue weighted by Crippen LogP contribution is -1.85. The highest BCUT2D eigenvalue weighted by Crippen LogP contribution is 2.25. The van der Waals surface area contributed by atoms with Crippen molar-refractivity contribution in [2.75, 3.05) is 0 Å². The van der Waals surface area contributed by atoms with Crippen LogP contribution in [0.5, 0.6) is 0 Å². The van der Waals surface area contributed by atoms with Crippen molar-refractivity contribution in [3.63, 3.8) is 0 Å². The second kappa shape index (κ2) is 3.70. The first kappa shape index (κ1) is 8.97. The maximum Gasteiger partial charge on any atom is 0.112 e. The second-order valence-electron chi connectivity index (χ2n) is 3.50. The predicted octanol–water partition coefficient (Wildman–Crippen LogP) is 3.86. The van der Waals surface area contributed by atoms with Crippen LogP contribution in [0.2, 0.25) is 0 Å². The Bertz CT molecular complexity index is 570. The molecule has 0 amide bonds. The van der Waals surface area contributed by atoms with Crippen LogP contribution in [0.1, 0.15) is 5.69 Å². The molecule has 0 fully saturated rings. The molecule has 1 aliphatic rings. The molecule has 16 heavy (non-hydrogen) atoms. The molecule has 0 bridgehead atoms. The quantitative estimate of drug-likeness (QED) is 0.646. The average Bonchev–Trinajstić information content (AvgIpc) is 2.29. The molecule has 2 aromatic rings. The molecule has 3 rings (SSSR count). The molecule has 0 saturated carbocycles. The van der Waals surface area contributed by atoms with E-state index in [9.17, 15) is 0 Å². The molecule has 0 N–H and O–H groups in total. The van der Waals surface area contributed by atoms with Crippen molar-refractivity contribution in [3.8, 4) is 0 Å². The molecule has 0 radical (unpaired) electrons. The lowest BCUT2D eigenvalue weighted by molar-refractivity contribution is 1.20. The number of hydrogen-bond acceptors (Lipinski definition) is 3. The molecule has 3 nitrogen and oxygen atoms in total. The number of benzene rings is 1. The lowest BCUT2D eigenvalue weighted by atomic mass is 10.1. The number of pyridine rings is 1. The Morgan fingerprint density at radius 2 is 1.94 bits per heavy atom. The first-order valence-corrected chi connectivity index (χ1v) is 5.07. The van der Waals surface area contributed by atoms with Crippen LogP contribution in [-0.4, -0.2) is 4.98 Å². The number of fused-ring (bicyclic) bond motifs is 2. The summed E-state index contributed by atoms with van der Waals surface area (Å²) in [6.07, 6.45) is 7.35. The summed E-state index contributed by atoms with van der Waals surface area (Å²) in [6, 6.07) is 10.00. The molecule has 0 atom stereocenters. The summed E-state index contributed by atoms with van der Waals surface area (Å²) in [7, 11) is 0. The van der Waals surface area contributed by atoms with E-state index < -0.39 is 0 Å². The van der Waals surface area contributed by atoms with E-state index in [2.05, 4.69) is 15.2 Å². The third kappa shape index (κ3) is 1.52. The molecule has 1 aromatic carbocycles. The van der Waals surface area contributed by atoms with Gasteiger partial charge in [0, 0.05) is 11.6 Å². The van der Waals surface area contributed by atoms with Crippen molar-refractivity contribution < 1.29 is 0 Å². The van der Waals surface area contributed by atoms with Crippen LogP contribution in [0.4, 0.5) is 5.69 Å². The first-order valence-electron chi connectivity index (χ1n) is 5.07. The van der Waals surface area contributed by atoms with Gasteiger partial charge in [-0.1, -0.05) is 24.3 Å². The van der Waals surface area contributed by atoms with Crippen LogP contribution in [0, 0.1) is 0 Å². The fourth-order valence-electron chi connectivity index (χ4n) is 1.65. The first-order chi connectivity index (χ1) is 7.93. The Hall–Kier alpha value is -2.29. The van der Waals surface area contributed by atoms with Crippen LogP contribution >= 0.6 is 0 Å². The summed E-state index contributed by atoms with van der Waals surface area (Å²) in [5, 5.41) is 9.14. The van der Waals surface area contributed by atoms with E-state index in [1.54, 1.807) is 6.20 Å². The smallest absolute Gasteiger partial charge is 0.112 e. The highest BCUT2D eigenvalue weighted by atomic mass is 15.1. The molecule has 1 aliphatic heterocycles. The highest BCUT2D eigenvalue weighted by molar-refractivity contribution is 5.84. The van der Waals surface area contributed by atoms with E-state index in [0.29, 0.717) is 0 Å². The van der Waals surface area contributed by atoms with E-state index in [1.807, 2.05) is 48.6 Å². The maximum atomic E-state index is 4.54. The number of rotatable bonds is 0. The molecule has 2 heterocycles. The van der Waals surface area contributed by atoms with Gasteiger partial charge in [-0.15, -0.1) is 5.11 Å². The fraction of sp³-hybridized carbons (Fsp3) is 0. The molecular weight excluding hydrogens is 198 g/mol. The Morgan fingerprint density at radius 1 is 1.00 bits per heavy atom. The average molecular weight is 207 g/mol. The van der Waals surface area contributed by atoms with Crippen LogP contribution in [0.25, 0.3) is 17.0 Å². The van der Waals surface area contributed by atoms with Gasteiger partial charge in [-0.2, -0.15) is 5.11 Å². The van der Waals surface area contributed by atoms with E-state index in [4.69, 9.17) is 0 Å². The molecule has 1 aromatic heterocycles. The van der Waals surface area contributed by atoms with Crippen molar-refractivity contribution in [2.24, 2.45) is 10.2 Å². The zero-order valence-corrected chi connectivity index (χ0v) is 8.54. The van der Waals surface area contributed by atoms with Crippen LogP contribution < -0.4 is 0 Å². The van der Waals surface area contributed by atoms with Crippen LogP contribution in [0.3, 0.4) is 0 Å². The minimum atomic E-state index is 0.805. The fourth-order valence-corrected chi connectivity index (χ4v) is 1.65. The zero-order valence-electron chi connectivity index (χ0n) is 8.54. The van der Waals surface area contributed by atoms with Gasteiger partial charge >= 0.3 is 0 Å². The predicted molar refractivity (Wildman–Crippen MR) is 64.4 cm³/mol. The van der Waals surface area contributed by atoms with Gasteiger partial charge in [0.25, 0.3) is 0 Å². The summed E-state index contributed by atoms with van der Waals surface area (Å²) in [4.78, 5) is 4.54. The van der Waals surface area contributed by atoms with Gasteiger partial charge in [0.05, 0.1) is 11.2 Å². The van der Waals surface area contributed by atoms with Gasteiger partial charge < -0.3 is 0 Å². The summed E-state index contributed by atoms with van der Waals surface area (Å²) < 4.78 is 0. The number of azo groups is 1. The Balaban J connectivity index is 2.31. The van der Waals surface area contributed by atoms with Crippen molar-refractivity contribution in [1.82, 2.24) is 4.98 Å². The largest absolute Gasteiger partial charge is 0.246 e. The van der Waals surface area contributed by atoms with E-state index in [1.165, 1.54) is 0 Å². The number of allylic oxidation sites excluding steroid dienone is 2. The molecule has 76 valence electrons. The van der Waals surface area contributed by atoms with Crippen LogP contribution in [0.15, 0.2) is 58.9 Å². The summed E-state index contributed by atoms with van der Waals surface area (Å²) >= 11 is 0. The molecule has 0 saturated heterocycles. The molecule has 3 heteroatoms. The van der Waals surface area contributed by atoms with Gasteiger partial charge in [0.1, 0.15) is 5.69 Å². The van der Waals surface area contributed by atoms with Crippen molar-refractivity contribution in [1.29, 1.82) is 0 Å². The Kier molecular flexibility index (Phi) is 2.07. The third-order valence-electron chi connectivity index (χ3n) is 2.42. The van der Waals surface area contributed by atoms with E-state index >= 15 is 0 Å². The molecule has 0 aliphatic carbocycles. The van der Waals surface area contributed by atoms with Gasteiger partial charge in [0.2, 0.25) is 0 Å². The Labute approximate surface area is 92.9 Å². The highest BCUT2D eigenvalue weighted by Gasteiger charge is 2.03. The molecule has 0 spiro atoms. The van der Waals surface area contributed by atoms with Gasteiger partial charge in [-0.05, 0) is 24.3 Å². The van der Waals surface area contributed by atoms with Gasteiger partial charge in [-0.25, -0.2) is 4.98 Å². The van der Waals surface area contributed by atoms with Gasteiger partial charge in [-0.3, -0.25) is 0 Å². The number of nitrogens with zero attached hydrogens (tertiary/aromatic N) is 3. The summed E-state index contributed by atoms with van der Waals surface area (Å²) in [5.41, 5.74) is 2.64. The minimum Gasteiger partial charge on any atom is -0.246 e. The van der Waals surface area contributed by atoms with Crippen LogP contribution in [-0.2, 0) is 0 Å². The SMILES string of the molecule is C1=C\N=Nc2cc3ccccc3nc2\C=C/1. The monoisotopic (exact) mass is 207 g/mol. The molecule has 0 unspecified atom stereocenters. The normalized spacial score (nSPS) is 17.5. The zero-order chi connectivity index (χ0) is 10.8. The number of hydrogen-bond donors (Lipinski definition) is 0. The summed E-state index contributed by atoms with van der Waals surface area (Å²) in [6.45, 7) is 0. The van der Waals surface area contributed by atoms with Crippen molar-refractivity contribution in [2.45, 2.75) is 0 Å². The van der Waals surface area contributed by atoms with Crippen molar-refractivity contribution >= 4 is 22.7 Å². The van der Waals surface area contributed by atoms with E-state index in [0.717, 1.165) is 22.3 Å². The standard InChI is InChI=1S/C13H9N3/c1-2-6-11-10(5-1)9-13-12(15-11)7-3-4-8-14-16-13/h1-9H/b4-3?,7-3-,8-4-,12-7?,14-8?,16-13?,16-14?. The maximum absolute atomic E-state index is 4.54.